The van der Waals surface area contributed by atoms with E-state index in [-0.39, 0.29) is 0 Å². The molecule has 0 unspecified atom stereocenters. The van der Waals surface area contributed by atoms with Gasteiger partial charge in [0.25, 0.3) is 0 Å². The lowest BCUT2D eigenvalue weighted by Crippen LogP contribution is -1.97. The number of hydrogen-bond donors (Lipinski definition) is 1. The highest BCUT2D eigenvalue weighted by Crippen LogP contribution is 2.37. The smallest absolute Gasteiger partial charge is 0.0951 e. The number of benzene rings is 1. The molecule has 0 atom stereocenters. The highest BCUT2D eigenvalue weighted by molar-refractivity contribution is 7.98. The van der Waals surface area contributed by atoms with Gasteiger partial charge < -0.3 is 10.3 Å². The van der Waals surface area contributed by atoms with Crippen LogP contribution >= 0.6 is 11.8 Å². The van der Waals surface area contributed by atoms with E-state index in [9.17, 15) is 0 Å². The fraction of sp³-hybridized carbons (Fsp3) is 0.357. The molecule has 18 heavy (non-hydrogen) atoms. The highest BCUT2D eigenvalue weighted by Gasteiger charge is 2.25. The van der Waals surface area contributed by atoms with Crippen LogP contribution in [-0.2, 0) is 5.75 Å². The van der Waals surface area contributed by atoms with Crippen LogP contribution in [0.2, 0.25) is 0 Å². The third kappa shape index (κ3) is 2.38. The van der Waals surface area contributed by atoms with Gasteiger partial charge in [-0.3, -0.25) is 0 Å². The van der Waals surface area contributed by atoms with E-state index in [0.717, 1.165) is 11.4 Å². The van der Waals surface area contributed by atoms with Crippen LogP contribution in [0.3, 0.4) is 0 Å². The summed E-state index contributed by atoms with van der Waals surface area (Å²) in [4.78, 5) is 5.52. The lowest BCUT2D eigenvalue weighted by atomic mass is 10.2. The maximum Gasteiger partial charge on any atom is 0.0951 e. The quantitative estimate of drug-likeness (QED) is 0.676. The number of aromatic nitrogens is 2. The minimum absolute atomic E-state index is 0.699. The highest BCUT2D eigenvalue weighted by atomic mass is 32.2. The summed E-state index contributed by atoms with van der Waals surface area (Å²) >= 11 is 1.84. The van der Waals surface area contributed by atoms with Gasteiger partial charge in [0.1, 0.15) is 0 Å². The second-order valence-corrected chi connectivity index (χ2v) is 5.85. The van der Waals surface area contributed by atoms with Gasteiger partial charge in [0.05, 0.1) is 6.33 Å². The van der Waals surface area contributed by atoms with Crippen molar-refractivity contribution in [1.29, 1.82) is 0 Å². The van der Waals surface area contributed by atoms with Crippen molar-refractivity contribution in [3.63, 3.8) is 0 Å². The lowest BCUT2D eigenvalue weighted by Gasteiger charge is -2.08. The third-order valence-corrected chi connectivity index (χ3v) is 4.47. The Morgan fingerprint density at radius 1 is 1.44 bits per heavy atom. The number of rotatable bonds is 4. The number of anilines is 1. The Kier molecular flexibility index (Phi) is 3.04. The normalized spacial score (nSPS) is 14.9. The summed E-state index contributed by atoms with van der Waals surface area (Å²) in [5.74, 6) is 0.959. The minimum atomic E-state index is 0.699. The van der Waals surface area contributed by atoms with Gasteiger partial charge in [-0.15, -0.1) is 11.8 Å². The number of nitrogens with zero attached hydrogens (tertiary/aromatic N) is 2. The largest absolute Gasteiger partial charge is 0.399 e. The zero-order valence-corrected chi connectivity index (χ0v) is 11.3. The van der Waals surface area contributed by atoms with Crippen LogP contribution in [0, 0.1) is 6.92 Å². The second-order valence-electron chi connectivity index (χ2n) is 4.84. The van der Waals surface area contributed by atoms with Gasteiger partial charge in [-0.1, -0.05) is 6.07 Å². The molecule has 3 rings (SSSR count). The van der Waals surface area contributed by atoms with Gasteiger partial charge in [-0.2, -0.15) is 0 Å². The Morgan fingerprint density at radius 2 is 2.28 bits per heavy atom. The summed E-state index contributed by atoms with van der Waals surface area (Å²) in [5.41, 5.74) is 9.26. The zero-order valence-electron chi connectivity index (χ0n) is 10.5. The Hall–Kier alpha value is -1.42. The number of nitrogens with two attached hydrogens (primary N) is 1. The number of aryl methyl sites for hydroxylation is 1. The molecule has 4 heteroatoms. The van der Waals surface area contributed by atoms with E-state index in [1.165, 1.54) is 29.0 Å². The third-order valence-electron chi connectivity index (χ3n) is 3.27. The molecule has 0 radical (unpaired) electrons. The van der Waals surface area contributed by atoms with Crippen molar-refractivity contribution in [2.75, 3.05) is 5.73 Å². The monoisotopic (exact) mass is 259 g/mol. The van der Waals surface area contributed by atoms with Crippen molar-refractivity contribution in [3.8, 4) is 0 Å². The molecule has 2 aromatic rings. The predicted molar refractivity (Wildman–Crippen MR) is 75.7 cm³/mol. The van der Waals surface area contributed by atoms with Gasteiger partial charge >= 0.3 is 0 Å². The molecule has 1 aromatic carbocycles. The molecule has 94 valence electrons. The summed E-state index contributed by atoms with van der Waals surface area (Å²) < 4.78 is 2.31. The van der Waals surface area contributed by atoms with Crippen molar-refractivity contribution in [3.05, 3.63) is 42.0 Å². The Bertz CT molecular complexity index is 558. The summed E-state index contributed by atoms with van der Waals surface area (Å²) in [7, 11) is 0. The molecule has 0 amide bonds. The number of thioether (sulfide) groups is 1. The first-order valence-electron chi connectivity index (χ1n) is 6.23. The summed E-state index contributed by atoms with van der Waals surface area (Å²) in [6.45, 7) is 2.12. The van der Waals surface area contributed by atoms with Crippen LogP contribution in [0.1, 0.15) is 30.1 Å². The molecule has 1 fully saturated rings. The van der Waals surface area contributed by atoms with Gasteiger partial charge in [-0.05, 0) is 37.5 Å². The van der Waals surface area contributed by atoms with Crippen LogP contribution in [0.4, 0.5) is 5.69 Å². The molecule has 1 saturated carbocycles. The van der Waals surface area contributed by atoms with E-state index in [4.69, 9.17) is 5.73 Å². The fourth-order valence-electron chi connectivity index (χ4n) is 2.05. The van der Waals surface area contributed by atoms with E-state index in [1.807, 2.05) is 30.4 Å². The molecule has 0 aliphatic heterocycles. The van der Waals surface area contributed by atoms with Crippen LogP contribution in [0.15, 0.2) is 35.6 Å². The van der Waals surface area contributed by atoms with Gasteiger partial charge in [0, 0.05) is 34.3 Å². The van der Waals surface area contributed by atoms with E-state index in [0.29, 0.717) is 6.04 Å². The number of hydrogen-bond acceptors (Lipinski definition) is 3. The van der Waals surface area contributed by atoms with Crippen molar-refractivity contribution in [1.82, 2.24) is 9.55 Å². The maximum atomic E-state index is 5.83. The summed E-state index contributed by atoms with van der Waals surface area (Å²) in [6.07, 6.45) is 6.53. The molecule has 0 saturated heterocycles. The van der Waals surface area contributed by atoms with Crippen molar-refractivity contribution in [2.24, 2.45) is 0 Å². The van der Waals surface area contributed by atoms with Gasteiger partial charge in [0.2, 0.25) is 0 Å². The minimum Gasteiger partial charge on any atom is -0.399 e. The summed E-state index contributed by atoms with van der Waals surface area (Å²) in [6, 6.07) is 6.78. The molecule has 0 spiro atoms. The SMILES string of the molecule is Cc1ccc(N)cc1SCc1cncn1C1CC1. The van der Waals surface area contributed by atoms with Crippen LogP contribution in [-0.4, -0.2) is 9.55 Å². The molecule has 0 bridgehead atoms. The first kappa shape index (κ1) is 11.7. The van der Waals surface area contributed by atoms with Gasteiger partial charge in [-0.25, -0.2) is 4.98 Å². The van der Waals surface area contributed by atoms with Gasteiger partial charge in [0.15, 0.2) is 0 Å². The number of nitrogen functional groups attached to an aromatic ring is 1. The summed E-state index contributed by atoms with van der Waals surface area (Å²) in [5, 5.41) is 0. The average molecular weight is 259 g/mol. The van der Waals surface area contributed by atoms with Crippen LogP contribution in [0.25, 0.3) is 0 Å². The molecular formula is C14H17N3S. The van der Waals surface area contributed by atoms with E-state index in [2.05, 4.69) is 28.6 Å². The fourth-order valence-corrected chi connectivity index (χ4v) is 3.09. The van der Waals surface area contributed by atoms with E-state index in [1.54, 1.807) is 0 Å². The molecule has 1 aliphatic rings. The molecule has 3 nitrogen and oxygen atoms in total. The topological polar surface area (TPSA) is 43.8 Å². The molecule has 1 aromatic heterocycles. The Labute approximate surface area is 111 Å². The Balaban J connectivity index is 1.73. The van der Waals surface area contributed by atoms with Crippen LogP contribution < -0.4 is 5.73 Å². The molecule has 1 heterocycles. The predicted octanol–water partition coefficient (Wildman–Crippen LogP) is 3.40. The molecular weight excluding hydrogens is 242 g/mol. The van der Waals surface area contributed by atoms with E-state index < -0.39 is 0 Å². The maximum absolute atomic E-state index is 5.83. The zero-order chi connectivity index (χ0) is 12.5. The Morgan fingerprint density at radius 3 is 3.06 bits per heavy atom. The van der Waals surface area contributed by atoms with Crippen LogP contribution in [0.5, 0.6) is 0 Å². The first-order valence-corrected chi connectivity index (χ1v) is 7.22. The van der Waals surface area contributed by atoms with Crippen molar-refractivity contribution < 1.29 is 0 Å². The van der Waals surface area contributed by atoms with Crippen molar-refractivity contribution >= 4 is 17.4 Å². The van der Waals surface area contributed by atoms with E-state index >= 15 is 0 Å². The molecule has 2 N–H and O–H groups in total. The average Bonchev–Trinajstić information content (AvgIpc) is 3.10. The standard InChI is InChI=1S/C14H17N3S/c1-10-2-3-11(15)6-14(10)18-8-13-7-16-9-17(13)12-4-5-12/h2-3,6-7,9,12H,4-5,8,15H2,1H3. The van der Waals surface area contributed by atoms with Crippen molar-refractivity contribution in [2.45, 2.75) is 36.5 Å². The lowest BCUT2D eigenvalue weighted by molar-refractivity contribution is 0.714. The second kappa shape index (κ2) is 4.69. The first-order chi connectivity index (χ1) is 8.74. The number of imidazole rings is 1. The molecule has 1 aliphatic carbocycles.